The molecule has 0 saturated heterocycles. The second-order valence-corrected chi connectivity index (χ2v) is 6.12. The van der Waals surface area contributed by atoms with Crippen molar-refractivity contribution >= 4 is 27.5 Å². The van der Waals surface area contributed by atoms with Crippen LogP contribution >= 0.6 is 15.9 Å². The third-order valence-electron chi connectivity index (χ3n) is 3.82. The molecule has 21 heavy (non-hydrogen) atoms. The van der Waals surface area contributed by atoms with E-state index < -0.39 is 5.82 Å². The van der Waals surface area contributed by atoms with E-state index >= 15 is 0 Å². The molecule has 0 spiro atoms. The van der Waals surface area contributed by atoms with Gasteiger partial charge in [0.25, 0.3) is 5.91 Å². The predicted molar refractivity (Wildman–Crippen MR) is 85.3 cm³/mol. The Bertz CT molecular complexity index is 714. The van der Waals surface area contributed by atoms with Crippen molar-refractivity contribution < 1.29 is 9.18 Å². The number of anilines is 1. The summed E-state index contributed by atoms with van der Waals surface area (Å²) in [4.78, 5) is 14.6. The SMILES string of the molecule is Cc1cccc2c1N(C(=O)c1cc(F)ccc1Br)CCC2. The van der Waals surface area contributed by atoms with Gasteiger partial charge >= 0.3 is 0 Å². The fourth-order valence-corrected chi connectivity index (χ4v) is 3.27. The molecule has 0 aromatic heterocycles. The molecule has 2 nitrogen and oxygen atoms in total. The zero-order valence-corrected chi connectivity index (χ0v) is 13.3. The Morgan fingerprint density at radius 2 is 2.10 bits per heavy atom. The van der Waals surface area contributed by atoms with Gasteiger partial charge in [0.2, 0.25) is 0 Å². The molecule has 3 rings (SSSR count). The van der Waals surface area contributed by atoms with Crippen LogP contribution < -0.4 is 4.90 Å². The van der Waals surface area contributed by atoms with Gasteiger partial charge in [0.15, 0.2) is 0 Å². The van der Waals surface area contributed by atoms with Gasteiger partial charge in [-0.05, 0) is 65.0 Å². The van der Waals surface area contributed by atoms with E-state index in [0.717, 1.165) is 24.1 Å². The number of hydrogen-bond acceptors (Lipinski definition) is 1. The first-order chi connectivity index (χ1) is 10.1. The van der Waals surface area contributed by atoms with Crippen LogP contribution in [0.4, 0.5) is 10.1 Å². The van der Waals surface area contributed by atoms with E-state index in [2.05, 4.69) is 22.0 Å². The Labute approximate surface area is 131 Å². The fraction of sp³-hybridized carbons (Fsp3) is 0.235. The maximum atomic E-state index is 13.5. The number of benzene rings is 2. The molecule has 0 N–H and O–H groups in total. The molecule has 4 heteroatoms. The number of aryl methyl sites for hydroxylation is 2. The molecule has 0 unspecified atom stereocenters. The van der Waals surface area contributed by atoms with Crippen LogP contribution in [0.1, 0.15) is 27.9 Å². The fourth-order valence-electron chi connectivity index (χ4n) is 2.86. The highest BCUT2D eigenvalue weighted by atomic mass is 79.9. The van der Waals surface area contributed by atoms with E-state index in [0.29, 0.717) is 16.6 Å². The highest BCUT2D eigenvalue weighted by Crippen LogP contribution is 2.32. The highest BCUT2D eigenvalue weighted by Gasteiger charge is 2.26. The average Bonchev–Trinajstić information content (AvgIpc) is 2.49. The molecule has 0 saturated carbocycles. The molecular weight excluding hydrogens is 333 g/mol. The average molecular weight is 348 g/mol. The molecule has 0 radical (unpaired) electrons. The number of hydrogen-bond donors (Lipinski definition) is 0. The first kappa shape index (κ1) is 14.3. The Hall–Kier alpha value is -1.68. The van der Waals surface area contributed by atoms with E-state index in [1.54, 1.807) is 11.0 Å². The van der Waals surface area contributed by atoms with Crippen molar-refractivity contribution in [1.82, 2.24) is 0 Å². The Balaban J connectivity index is 2.06. The summed E-state index contributed by atoms with van der Waals surface area (Å²) in [5.41, 5.74) is 3.60. The van der Waals surface area contributed by atoms with Crippen molar-refractivity contribution in [2.45, 2.75) is 19.8 Å². The first-order valence-electron chi connectivity index (χ1n) is 6.93. The lowest BCUT2D eigenvalue weighted by atomic mass is 9.97. The summed E-state index contributed by atoms with van der Waals surface area (Å²) >= 11 is 3.34. The van der Waals surface area contributed by atoms with E-state index in [4.69, 9.17) is 0 Å². The predicted octanol–water partition coefficient (Wildman–Crippen LogP) is 4.49. The third kappa shape index (κ3) is 2.60. The minimum absolute atomic E-state index is 0.156. The minimum Gasteiger partial charge on any atom is -0.308 e. The van der Waals surface area contributed by atoms with E-state index in [-0.39, 0.29) is 5.91 Å². The maximum Gasteiger partial charge on any atom is 0.259 e. The topological polar surface area (TPSA) is 20.3 Å². The van der Waals surface area contributed by atoms with Crippen molar-refractivity contribution in [2.24, 2.45) is 0 Å². The van der Waals surface area contributed by atoms with Gasteiger partial charge in [0, 0.05) is 11.0 Å². The van der Waals surface area contributed by atoms with Gasteiger partial charge in [-0.25, -0.2) is 4.39 Å². The number of fused-ring (bicyclic) bond motifs is 1. The van der Waals surface area contributed by atoms with Crippen LogP contribution in [0, 0.1) is 12.7 Å². The van der Waals surface area contributed by atoms with Gasteiger partial charge in [0.1, 0.15) is 5.82 Å². The summed E-state index contributed by atoms with van der Waals surface area (Å²) in [6.45, 7) is 2.67. The highest BCUT2D eigenvalue weighted by molar-refractivity contribution is 9.10. The molecule has 2 aromatic carbocycles. The molecule has 2 aromatic rings. The van der Waals surface area contributed by atoms with Crippen LogP contribution in [0.2, 0.25) is 0 Å². The van der Waals surface area contributed by atoms with Crippen LogP contribution in [0.25, 0.3) is 0 Å². The molecule has 0 fully saturated rings. The van der Waals surface area contributed by atoms with Crippen LogP contribution in [0.15, 0.2) is 40.9 Å². The molecule has 0 aliphatic carbocycles. The number of carbonyl (C=O) groups excluding carboxylic acids is 1. The summed E-state index contributed by atoms with van der Waals surface area (Å²) in [5.74, 6) is -0.555. The number of rotatable bonds is 1. The van der Waals surface area contributed by atoms with Crippen molar-refractivity contribution in [2.75, 3.05) is 11.4 Å². The molecule has 108 valence electrons. The largest absolute Gasteiger partial charge is 0.308 e. The quantitative estimate of drug-likeness (QED) is 0.744. The van der Waals surface area contributed by atoms with Crippen molar-refractivity contribution in [1.29, 1.82) is 0 Å². The normalized spacial score (nSPS) is 14.0. The second-order valence-electron chi connectivity index (χ2n) is 5.27. The van der Waals surface area contributed by atoms with E-state index in [1.807, 2.05) is 19.1 Å². The summed E-state index contributed by atoms with van der Waals surface area (Å²) in [6.07, 6.45) is 1.90. The van der Waals surface area contributed by atoms with E-state index in [1.165, 1.54) is 17.7 Å². The molecule has 1 aliphatic heterocycles. The van der Waals surface area contributed by atoms with Gasteiger partial charge in [-0.2, -0.15) is 0 Å². The number of amides is 1. The Morgan fingerprint density at radius 1 is 1.29 bits per heavy atom. The first-order valence-corrected chi connectivity index (χ1v) is 7.72. The maximum absolute atomic E-state index is 13.5. The molecule has 0 bridgehead atoms. The number of halogens is 2. The van der Waals surface area contributed by atoms with Crippen LogP contribution in [0.5, 0.6) is 0 Å². The second kappa shape index (κ2) is 5.60. The number of nitrogens with zero attached hydrogens (tertiary/aromatic N) is 1. The van der Waals surface area contributed by atoms with Crippen LogP contribution in [-0.2, 0) is 6.42 Å². The van der Waals surface area contributed by atoms with Gasteiger partial charge < -0.3 is 4.90 Å². The third-order valence-corrected chi connectivity index (χ3v) is 4.51. The molecular formula is C17H15BrFNO. The van der Waals surface area contributed by atoms with Crippen LogP contribution in [-0.4, -0.2) is 12.5 Å². The van der Waals surface area contributed by atoms with Crippen molar-refractivity contribution in [3.05, 3.63) is 63.4 Å². The van der Waals surface area contributed by atoms with Crippen molar-refractivity contribution in [3.8, 4) is 0 Å². The van der Waals surface area contributed by atoms with Gasteiger partial charge in [0.05, 0.1) is 11.3 Å². The smallest absolute Gasteiger partial charge is 0.259 e. The van der Waals surface area contributed by atoms with E-state index in [9.17, 15) is 9.18 Å². The van der Waals surface area contributed by atoms with Gasteiger partial charge in [-0.15, -0.1) is 0 Å². The van der Waals surface area contributed by atoms with Gasteiger partial charge in [-0.1, -0.05) is 18.2 Å². The van der Waals surface area contributed by atoms with Crippen molar-refractivity contribution in [3.63, 3.8) is 0 Å². The molecule has 1 amide bonds. The monoisotopic (exact) mass is 347 g/mol. The Morgan fingerprint density at radius 3 is 2.90 bits per heavy atom. The number of carbonyl (C=O) groups is 1. The minimum atomic E-state index is -0.399. The lowest BCUT2D eigenvalue weighted by molar-refractivity contribution is 0.0983. The zero-order valence-electron chi connectivity index (χ0n) is 11.7. The summed E-state index contributed by atoms with van der Waals surface area (Å²) in [6, 6.07) is 10.3. The Kier molecular flexibility index (Phi) is 3.81. The molecule has 1 heterocycles. The van der Waals surface area contributed by atoms with Gasteiger partial charge in [-0.3, -0.25) is 4.79 Å². The summed E-state index contributed by atoms with van der Waals surface area (Å²) in [7, 11) is 0. The zero-order chi connectivity index (χ0) is 15.0. The standard InChI is InChI=1S/C17H15BrFNO/c1-11-4-2-5-12-6-3-9-20(16(11)12)17(21)14-10-13(19)7-8-15(14)18/h2,4-5,7-8,10H,3,6,9H2,1H3. The lowest BCUT2D eigenvalue weighted by Gasteiger charge is -2.31. The summed E-state index contributed by atoms with van der Waals surface area (Å²) < 4.78 is 14.1. The number of para-hydroxylation sites is 1. The summed E-state index contributed by atoms with van der Waals surface area (Å²) in [5, 5.41) is 0. The molecule has 0 atom stereocenters. The molecule has 1 aliphatic rings. The lowest BCUT2D eigenvalue weighted by Crippen LogP contribution is -2.36. The van der Waals surface area contributed by atoms with Crippen LogP contribution in [0.3, 0.4) is 0 Å².